The molecule has 0 aliphatic carbocycles. The number of nitrogens with zero attached hydrogens (tertiary/aromatic N) is 2. The first-order chi connectivity index (χ1) is 10.9. The van der Waals surface area contributed by atoms with E-state index in [1.807, 2.05) is 12.1 Å². The van der Waals surface area contributed by atoms with Crippen molar-refractivity contribution < 1.29 is 14.3 Å². The number of halogens is 1. The smallest absolute Gasteiger partial charge is 0.407 e. The van der Waals surface area contributed by atoms with Gasteiger partial charge in [-0.2, -0.15) is 0 Å². The third-order valence-electron chi connectivity index (χ3n) is 3.44. The largest absolute Gasteiger partial charge is 0.453 e. The molecule has 1 atom stereocenters. The summed E-state index contributed by atoms with van der Waals surface area (Å²) in [4.78, 5) is 32.4. The minimum atomic E-state index is -0.651. The molecule has 1 aromatic carbocycles. The molecule has 124 valence electrons. The molecule has 0 fully saturated rings. The summed E-state index contributed by atoms with van der Waals surface area (Å²) in [7, 11) is 2.93. The van der Waals surface area contributed by atoms with Gasteiger partial charge in [0.15, 0.2) is 0 Å². The molecular formula is C15H19ClN4O3. The number of aromatic nitrogens is 2. The number of ether oxygens (including phenoxy) is 1. The number of carbonyl (C=O) groups excluding carboxylic acids is 2. The highest BCUT2D eigenvalue weighted by molar-refractivity contribution is 6.31. The van der Waals surface area contributed by atoms with Crippen LogP contribution in [0.5, 0.6) is 0 Å². The van der Waals surface area contributed by atoms with Crippen LogP contribution in [0.1, 0.15) is 12.7 Å². The molecule has 0 saturated heterocycles. The fourth-order valence-corrected chi connectivity index (χ4v) is 2.34. The lowest BCUT2D eigenvalue weighted by Crippen LogP contribution is -2.46. The lowest BCUT2D eigenvalue weighted by Gasteiger charge is -2.21. The molecule has 2 N–H and O–H groups in total. The molecule has 23 heavy (non-hydrogen) atoms. The first kappa shape index (κ1) is 17.1. The predicted molar refractivity (Wildman–Crippen MR) is 87.4 cm³/mol. The van der Waals surface area contributed by atoms with Crippen LogP contribution in [-0.4, -0.2) is 53.6 Å². The van der Waals surface area contributed by atoms with E-state index in [-0.39, 0.29) is 5.91 Å². The van der Waals surface area contributed by atoms with Crippen molar-refractivity contribution in [2.75, 3.05) is 20.7 Å². The Morgan fingerprint density at radius 3 is 2.91 bits per heavy atom. The van der Waals surface area contributed by atoms with Crippen LogP contribution in [-0.2, 0) is 16.0 Å². The number of imidazole rings is 1. The lowest BCUT2D eigenvalue weighted by atomic mass is 10.3. The minimum Gasteiger partial charge on any atom is -0.453 e. The monoisotopic (exact) mass is 338 g/mol. The molecule has 1 aromatic heterocycles. The van der Waals surface area contributed by atoms with Gasteiger partial charge in [-0.05, 0) is 25.1 Å². The van der Waals surface area contributed by atoms with Crippen LogP contribution in [0.25, 0.3) is 11.0 Å². The first-order valence-electron chi connectivity index (χ1n) is 7.14. The maximum atomic E-state index is 12.1. The van der Waals surface area contributed by atoms with Gasteiger partial charge in [-0.25, -0.2) is 9.78 Å². The molecule has 2 aromatic rings. The number of aromatic amines is 1. The number of rotatable bonds is 5. The zero-order valence-corrected chi connectivity index (χ0v) is 14.0. The molecule has 1 unspecified atom stereocenters. The Kier molecular flexibility index (Phi) is 5.44. The average molecular weight is 339 g/mol. The van der Waals surface area contributed by atoms with Crippen LogP contribution >= 0.6 is 11.6 Å². The van der Waals surface area contributed by atoms with Crippen LogP contribution in [0.2, 0.25) is 5.02 Å². The highest BCUT2D eigenvalue weighted by Crippen LogP contribution is 2.17. The van der Waals surface area contributed by atoms with Gasteiger partial charge in [-0.3, -0.25) is 4.79 Å². The quantitative estimate of drug-likeness (QED) is 0.872. The van der Waals surface area contributed by atoms with Crippen molar-refractivity contribution in [3.8, 4) is 0 Å². The van der Waals surface area contributed by atoms with E-state index in [1.54, 1.807) is 24.9 Å². The summed E-state index contributed by atoms with van der Waals surface area (Å²) in [5.41, 5.74) is 1.70. The molecule has 0 spiro atoms. The van der Waals surface area contributed by atoms with Crippen LogP contribution in [0.3, 0.4) is 0 Å². The van der Waals surface area contributed by atoms with Crippen LogP contribution in [0, 0.1) is 0 Å². The second-order valence-electron chi connectivity index (χ2n) is 5.21. The predicted octanol–water partition coefficient (Wildman–Crippen LogP) is 1.96. The third-order valence-corrected chi connectivity index (χ3v) is 3.68. The molecule has 8 heteroatoms. The SMILES string of the molecule is COC(=O)NC(C)C(=O)N(C)CCc1nc2ccc(Cl)cc2[nH]1. The molecular weight excluding hydrogens is 320 g/mol. The number of methoxy groups -OCH3 is 1. The summed E-state index contributed by atoms with van der Waals surface area (Å²) < 4.78 is 4.48. The summed E-state index contributed by atoms with van der Waals surface area (Å²) in [5, 5.41) is 3.09. The van der Waals surface area contributed by atoms with Gasteiger partial charge in [0.05, 0.1) is 18.1 Å². The normalized spacial score (nSPS) is 12.0. The molecule has 0 radical (unpaired) electrons. The highest BCUT2D eigenvalue weighted by atomic mass is 35.5. The van der Waals surface area contributed by atoms with Gasteiger partial charge >= 0.3 is 6.09 Å². The summed E-state index contributed by atoms with van der Waals surface area (Å²) in [6, 6.07) is 4.78. The van der Waals surface area contributed by atoms with Gasteiger partial charge in [0.2, 0.25) is 5.91 Å². The van der Waals surface area contributed by atoms with Gasteiger partial charge < -0.3 is 19.9 Å². The number of H-pyrrole nitrogens is 1. The van der Waals surface area contributed by atoms with Crippen LogP contribution < -0.4 is 5.32 Å². The summed E-state index contributed by atoms with van der Waals surface area (Å²) in [6.45, 7) is 2.08. The zero-order chi connectivity index (χ0) is 17.0. The molecule has 1 heterocycles. The van der Waals surface area contributed by atoms with E-state index in [9.17, 15) is 9.59 Å². The Morgan fingerprint density at radius 1 is 1.48 bits per heavy atom. The number of hydrogen-bond acceptors (Lipinski definition) is 4. The Bertz CT molecular complexity index is 716. The number of alkyl carbamates (subject to hydrolysis) is 1. The summed E-state index contributed by atoms with van der Waals surface area (Å²) in [5.74, 6) is 0.574. The summed E-state index contributed by atoms with van der Waals surface area (Å²) in [6.07, 6.45) is -0.0622. The van der Waals surface area contributed by atoms with Crippen LogP contribution in [0.15, 0.2) is 18.2 Å². The Balaban J connectivity index is 1.93. The minimum absolute atomic E-state index is 0.199. The van der Waals surface area contributed by atoms with Gasteiger partial charge in [0.1, 0.15) is 11.9 Å². The number of fused-ring (bicyclic) bond motifs is 1. The van der Waals surface area contributed by atoms with Crippen LogP contribution in [0.4, 0.5) is 4.79 Å². The molecule has 0 saturated carbocycles. The number of amides is 2. The molecule has 2 amide bonds. The van der Waals surface area contributed by atoms with Gasteiger partial charge in [0, 0.05) is 25.0 Å². The number of carbonyl (C=O) groups is 2. The van der Waals surface area contributed by atoms with E-state index in [1.165, 1.54) is 7.11 Å². The van der Waals surface area contributed by atoms with E-state index < -0.39 is 12.1 Å². The van der Waals surface area contributed by atoms with Crippen molar-refractivity contribution in [3.05, 3.63) is 29.0 Å². The van der Waals surface area contributed by atoms with Crippen molar-refractivity contribution in [2.24, 2.45) is 0 Å². The number of likely N-dealkylation sites (N-methyl/N-ethyl adjacent to an activating group) is 1. The van der Waals surface area contributed by atoms with E-state index in [0.29, 0.717) is 18.0 Å². The number of hydrogen-bond donors (Lipinski definition) is 2. The molecule has 0 aliphatic heterocycles. The highest BCUT2D eigenvalue weighted by Gasteiger charge is 2.19. The standard InChI is InChI=1S/C15H19ClN4O3/c1-9(17-15(22)23-3)14(21)20(2)7-6-13-18-11-5-4-10(16)8-12(11)19-13/h4-5,8-9H,6-7H2,1-3H3,(H,17,22)(H,18,19). The van der Waals surface area contributed by atoms with Crippen molar-refractivity contribution in [1.29, 1.82) is 0 Å². The fourth-order valence-electron chi connectivity index (χ4n) is 2.16. The van der Waals surface area contributed by atoms with Crippen molar-refractivity contribution in [1.82, 2.24) is 20.2 Å². The van der Waals surface area contributed by atoms with E-state index in [0.717, 1.165) is 16.9 Å². The second-order valence-corrected chi connectivity index (χ2v) is 5.65. The third kappa shape index (κ3) is 4.35. The summed E-state index contributed by atoms with van der Waals surface area (Å²) >= 11 is 5.94. The van der Waals surface area contributed by atoms with Gasteiger partial charge in [-0.1, -0.05) is 11.6 Å². The van der Waals surface area contributed by atoms with E-state index >= 15 is 0 Å². The van der Waals surface area contributed by atoms with Crippen molar-refractivity contribution in [2.45, 2.75) is 19.4 Å². The van der Waals surface area contributed by atoms with Gasteiger partial charge in [0.25, 0.3) is 0 Å². The maximum Gasteiger partial charge on any atom is 0.407 e. The topological polar surface area (TPSA) is 87.3 Å². The van der Waals surface area contributed by atoms with Crippen molar-refractivity contribution in [3.63, 3.8) is 0 Å². The Labute approximate surface area is 139 Å². The number of nitrogens with one attached hydrogen (secondary N) is 2. The maximum absolute atomic E-state index is 12.1. The van der Waals surface area contributed by atoms with Crippen molar-refractivity contribution >= 4 is 34.6 Å². The Hall–Kier alpha value is -2.28. The Morgan fingerprint density at radius 2 is 2.22 bits per heavy atom. The first-order valence-corrected chi connectivity index (χ1v) is 7.52. The fraction of sp³-hybridized carbons (Fsp3) is 0.400. The lowest BCUT2D eigenvalue weighted by molar-refractivity contribution is -0.131. The van der Waals surface area contributed by atoms with E-state index in [2.05, 4.69) is 20.0 Å². The van der Waals surface area contributed by atoms with Gasteiger partial charge in [-0.15, -0.1) is 0 Å². The average Bonchev–Trinajstić information content (AvgIpc) is 2.93. The number of benzene rings is 1. The zero-order valence-electron chi connectivity index (χ0n) is 13.2. The molecule has 7 nitrogen and oxygen atoms in total. The van der Waals surface area contributed by atoms with E-state index in [4.69, 9.17) is 11.6 Å². The second kappa shape index (κ2) is 7.32. The molecule has 0 bridgehead atoms. The molecule has 2 rings (SSSR count). The molecule has 0 aliphatic rings.